The van der Waals surface area contributed by atoms with Gasteiger partial charge in [-0.25, -0.2) is 10.4 Å². The number of piperazine rings is 1. The van der Waals surface area contributed by atoms with Crippen LogP contribution in [0.3, 0.4) is 0 Å². The van der Waals surface area contributed by atoms with E-state index < -0.39 is 11.3 Å². The Morgan fingerprint density at radius 2 is 1.69 bits per heavy atom. The van der Waals surface area contributed by atoms with E-state index >= 15 is 0 Å². The molecule has 0 aliphatic carbocycles. The molecule has 0 saturated carbocycles. The summed E-state index contributed by atoms with van der Waals surface area (Å²) in [6, 6.07) is 16.9. The lowest BCUT2D eigenvalue weighted by molar-refractivity contribution is -0.129. The summed E-state index contributed by atoms with van der Waals surface area (Å²) in [6.45, 7) is 10.2. The van der Waals surface area contributed by atoms with Gasteiger partial charge < -0.3 is 24.0 Å². The highest BCUT2D eigenvalue weighted by Gasteiger charge is 2.20. The highest BCUT2D eigenvalue weighted by Crippen LogP contribution is 2.28. The number of aliphatic imine (C=N–C) groups is 1. The van der Waals surface area contributed by atoms with Gasteiger partial charge in [0.2, 0.25) is 11.9 Å². The molecule has 1 atom stereocenters. The van der Waals surface area contributed by atoms with E-state index in [1.165, 1.54) is 6.21 Å². The third-order valence-corrected chi connectivity index (χ3v) is 5.89. The summed E-state index contributed by atoms with van der Waals surface area (Å²) in [4.78, 5) is 21.7. The van der Waals surface area contributed by atoms with Crippen LogP contribution in [0, 0.1) is 0 Å². The van der Waals surface area contributed by atoms with Crippen molar-refractivity contribution in [1.29, 1.82) is 0 Å². The van der Waals surface area contributed by atoms with Crippen molar-refractivity contribution >= 4 is 41.2 Å². The third kappa shape index (κ3) is 11.9. The predicted molar refractivity (Wildman–Crippen MR) is 158 cm³/mol. The van der Waals surface area contributed by atoms with Gasteiger partial charge in [0.15, 0.2) is 0 Å². The topological polar surface area (TPSA) is 132 Å². The molecule has 2 aliphatic rings. The molecule has 0 radical (unpaired) electrons. The highest BCUT2D eigenvalue weighted by atomic mass is 32.2. The van der Waals surface area contributed by atoms with E-state index in [1.807, 2.05) is 36.1 Å². The van der Waals surface area contributed by atoms with Gasteiger partial charge in [0.05, 0.1) is 19.3 Å². The minimum absolute atomic E-state index is 0.157. The Morgan fingerprint density at radius 1 is 1.03 bits per heavy atom. The van der Waals surface area contributed by atoms with Crippen molar-refractivity contribution in [3.8, 4) is 11.5 Å². The molecular formula is C26H38N8O4S. The van der Waals surface area contributed by atoms with Gasteiger partial charge >= 0.3 is 11.3 Å². The lowest BCUT2D eigenvalue weighted by atomic mass is 10.2. The van der Waals surface area contributed by atoms with Crippen LogP contribution in [0.5, 0.6) is 11.5 Å². The smallest absolute Gasteiger partial charge is 0.332 e. The van der Waals surface area contributed by atoms with Crippen LogP contribution in [0.25, 0.3) is 0 Å². The molecule has 13 heteroatoms. The Morgan fingerprint density at radius 3 is 2.28 bits per heavy atom. The summed E-state index contributed by atoms with van der Waals surface area (Å²) in [7, 11) is 1.69. The SMILES string of the molecule is C/C=N\NS(=O)Oc1ccccc1.CC=NNC1=NCCN1.COc1ccccc1N1CCN(C(C)=O)CC1. The summed E-state index contributed by atoms with van der Waals surface area (Å²) in [5.41, 5.74) is 3.85. The molecule has 212 valence electrons. The first kappa shape index (κ1) is 31.1. The van der Waals surface area contributed by atoms with Gasteiger partial charge in [-0.3, -0.25) is 4.79 Å². The molecule has 1 unspecified atom stereocenters. The first-order valence-corrected chi connectivity index (χ1v) is 13.6. The predicted octanol–water partition coefficient (Wildman–Crippen LogP) is 2.14. The van der Waals surface area contributed by atoms with Gasteiger partial charge in [0, 0.05) is 52.1 Å². The molecule has 1 amide bonds. The number of methoxy groups -OCH3 is 1. The van der Waals surface area contributed by atoms with Crippen molar-refractivity contribution in [2.45, 2.75) is 20.8 Å². The molecule has 1 saturated heterocycles. The fourth-order valence-corrected chi connectivity index (χ4v) is 3.94. The van der Waals surface area contributed by atoms with Gasteiger partial charge in [-0.2, -0.15) is 19.2 Å². The molecule has 2 aromatic carbocycles. The normalized spacial score (nSPS) is 15.2. The monoisotopic (exact) mass is 558 g/mol. The van der Waals surface area contributed by atoms with Gasteiger partial charge in [-0.05, 0) is 38.1 Å². The number of nitrogens with zero attached hydrogens (tertiary/aromatic N) is 5. The summed E-state index contributed by atoms with van der Waals surface area (Å²) in [6.07, 6.45) is 3.18. The van der Waals surface area contributed by atoms with E-state index in [4.69, 9.17) is 8.92 Å². The van der Waals surface area contributed by atoms with Crippen molar-refractivity contribution in [2.75, 3.05) is 51.3 Å². The Bertz CT molecular complexity index is 1110. The summed E-state index contributed by atoms with van der Waals surface area (Å²) >= 11 is -1.62. The number of hydrogen-bond donors (Lipinski definition) is 3. The molecule has 2 heterocycles. The molecule has 2 aromatic rings. The van der Waals surface area contributed by atoms with Crippen LogP contribution in [-0.4, -0.2) is 79.8 Å². The quantitative estimate of drug-likeness (QED) is 0.350. The zero-order valence-electron chi connectivity index (χ0n) is 22.9. The van der Waals surface area contributed by atoms with Crippen molar-refractivity contribution in [3.63, 3.8) is 0 Å². The maximum Gasteiger partial charge on any atom is 0.332 e. The summed E-state index contributed by atoms with van der Waals surface area (Å²) in [5, 5.41) is 10.4. The zero-order chi connectivity index (χ0) is 28.3. The number of amides is 1. The van der Waals surface area contributed by atoms with E-state index in [-0.39, 0.29) is 5.91 Å². The van der Waals surface area contributed by atoms with Gasteiger partial charge in [0.1, 0.15) is 11.5 Å². The minimum atomic E-state index is -1.62. The molecule has 12 nitrogen and oxygen atoms in total. The summed E-state index contributed by atoms with van der Waals surface area (Å²) in [5.74, 6) is 2.36. The van der Waals surface area contributed by atoms with Gasteiger partial charge in [0.25, 0.3) is 0 Å². The van der Waals surface area contributed by atoms with Gasteiger partial charge in [-0.1, -0.05) is 30.3 Å². The van der Waals surface area contributed by atoms with Crippen molar-refractivity contribution < 1.29 is 17.9 Å². The van der Waals surface area contributed by atoms with E-state index in [1.54, 1.807) is 51.4 Å². The lowest BCUT2D eigenvalue weighted by Crippen LogP contribution is -2.48. The second kappa shape index (κ2) is 18.2. The van der Waals surface area contributed by atoms with Crippen LogP contribution in [0.2, 0.25) is 0 Å². The van der Waals surface area contributed by atoms with Crippen LogP contribution >= 0.6 is 0 Å². The number of hydrogen-bond acceptors (Lipinski definition) is 10. The Hall–Kier alpha value is -4.13. The second-order valence-corrected chi connectivity index (χ2v) is 8.75. The number of benzene rings is 2. The Balaban J connectivity index is 0.000000216. The minimum Gasteiger partial charge on any atom is -0.495 e. The number of carbonyl (C=O) groups is 1. The number of ether oxygens (including phenoxy) is 1. The first-order valence-electron chi connectivity index (χ1n) is 12.5. The number of para-hydroxylation sites is 3. The Labute approximate surface area is 233 Å². The standard InChI is InChI=1S/C13H18N2O2.C8H10N2O2S.C5H10N4/c1-11(16)14-7-9-15(10-8-14)12-5-3-4-6-13(12)17-2;1-2-9-10-13(11)12-8-6-4-3-5-7-8;1-2-8-9-5-6-3-4-7-5/h3-6H,7-10H2,1-2H3;2-7,10H,1H3;2H,3-4H2,1H3,(H2,6,7,9)/b;9-2-;. The van der Waals surface area contributed by atoms with Crippen LogP contribution in [0.15, 0.2) is 69.8 Å². The van der Waals surface area contributed by atoms with Crippen molar-refractivity contribution in [2.24, 2.45) is 15.2 Å². The van der Waals surface area contributed by atoms with Gasteiger partial charge in [-0.15, -0.1) is 0 Å². The number of carbonyl (C=O) groups excluding carboxylic acids is 1. The fraction of sp³-hybridized carbons (Fsp3) is 0.385. The van der Waals surface area contributed by atoms with Crippen LogP contribution < -0.4 is 29.4 Å². The van der Waals surface area contributed by atoms with E-state index in [0.29, 0.717) is 5.75 Å². The van der Waals surface area contributed by atoms with E-state index in [0.717, 1.165) is 56.7 Å². The molecule has 1 fully saturated rings. The molecule has 2 aliphatic heterocycles. The number of anilines is 1. The molecule has 39 heavy (non-hydrogen) atoms. The van der Waals surface area contributed by atoms with E-state index in [9.17, 15) is 9.00 Å². The highest BCUT2D eigenvalue weighted by molar-refractivity contribution is 7.78. The average molecular weight is 559 g/mol. The number of guanidine groups is 1. The zero-order valence-corrected chi connectivity index (χ0v) is 23.7. The van der Waals surface area contributed by atoms with Crippen molar-refractivity contribution in [3.05, 3.63) is 54.6 Å². The van der Waals surface area contributed by atoms with Crippen LogP contribution in [0.1, 0.15) is 20.8 Å². The maximum absolute atomic E-state index is 11.2. The molecule has 0 bridgehead atoms. The molecule has 0 spiro atoms. The van der Waals surface area contributed by atoms with Crippen molar-refractivity contribution in [1.82, 2.24) is 20.5 Å². The van der Waals surface area contributed by atoms with E-state index in [2.05, 4.69) is 41.7 Å². The fourth-order valence-electron chi connectivity index (χ4n) is 3.43. The summed E-state index contributed by atoms with van der Waals surface area (Å²) < 4.78 is 21.3. The maximum atomic E-state index is 11.2. The second-order valence-electron chi connectivity index (χ2n) is 7.93. The third-order valence-electron chi connectivity index (χ3n) is 5.30. The molecular weight excluding hydrogens is 520 g/mol. The first-order chi connectivity index (χ1) is 19.0. The van der Waals surface area contributed by atoms with Crippen LogP contribution in [-0.2, 0) is 16.1 Å². The average Bonchev–Trinajstić information content (AvgIpc) is 3.50. The number of nitrogens with one attached hydrogen (secondary N) is 3. The number of hydrazone groups is 2. The van der Waals surface area contributed by atoms with Crippen LogP contribution in [0.4, 0.5) is 5.69 Å². The Kier molecular flexibility index (Phi) is 14.5. The molecule has 4 rings (SSSR count). The largest absolute Gasteiger partial charge is 0.495 e. The number of rotatable bonds is 7. The lowest BCUT2D eigenvalue weighted by Gasteiger charge is -2.36. The molecule has 0 aromatic heterocycles. The molecule has 3 N–H and O–H groups in total.